The quantitative estimate of drug-likeness (QED) is 0.619. The highest BCUT2D eigenvalue weighted by Gasteiger charge is 2.46. The second-order valence-corrected chi connectivity index (χ2v) is 5.47. The number of fused-ring (bicyclic) bond motifs is 3. The molecule has 82 valence electrons. The molecule has 2 bridgehead atoms. The summed E-state index contributed by atoms with van der Waals surface area (Å²) in [6, 6.07) is 9.10. The van der Waals surface area contributed by atoms with Crippen molar-refractivity contribution in [2.75, 3.05) is 0 Å². The van der Waals surface area contributed by atoms with Gasteiger partial charge in [-0.05, 0) is 49.1 Å². The minimum Gasteiger partial charge on any atom is -0.184 e. The molecule has 1 heterocycles. The zero-order chi connectivity index (χ0) is 10.5. The zero-order valence-corrected chi connectivity index (χ0v) is 9.34. The lowest BCUT2D eigenvalue weighted by Gasteiger charge is -2.48. The molecule has 4 aliphatic rings. The Balaban J connectivity index is 1.86. The molecule has 3 fully saturated rings. The summed E-state index contributed by atoms with van der Waals surface area (Å²) in [5, 5.41) is 9.02. The van der Waals surface area contributed by atoms with Crippen LogP contribution in [0, 0.1) is 11.8 Å². The number of hydrogen-bond acceptors (Lipinski definition) is 2. The van der Waals surface area contributed by atoms with E-state index in [1.807, 2.05) is 0 Å². The van der Waals surface area contributed by atoms with Gasteiger partial charge in [0.05, 0.1) is 11.7 Å². The average Bonchev–Trinajstić information content (AvgIpc) is 2.40. The van der Waals surface area contributed by atoms with E-state index in [1.165, 1.54) is 31.2 Å². The normalized spacial score (nSPS) is 39.2. The molecule has 2 atom stereocenters. The Morgan fingerprint density at radius 2 is 1.69 bits per heavy atom. The van der Waals surface area contributed by atoms with E-state index in [-0.39, 0.29) is 0 Å². The molecule has 1 aliphatic heterocycles. The first-order valence-corrected chi connectivity index (χ1v) is 6.43. The van der Waals surface area contributed by atoms with Crippen LogP contribution in [0.3, 0.4) is 0 Å². The van der Waals surface area contributed by atoms with Gasteiger partial charge in [0.2, 0.25) is 0 Å². The van der Waals surface area contributed by atoms with Crippen molar-refractivity contribution in [3.8, 4) is 0 Å². The average molecular weight is 212 g/mol. The molecule has 16 heavy (non-hydrogen) atoms. The molecular formula is C14H16N2. The fourth-order valence-corrected chi connectivity index (χ4v) is 4.01. The first-order chi connectivity index (χ1) is 7.93. The molecule has 0 aromatic heterocycles. The summed E-state index contributed by atoms with van der Waals surface area (Å²) >= 11 is 0. The molecule has 1 aromatic rings. The highest BCUT2D eigenvalue weighted by atomic mass is 15.2. The largest absolute Gasteiger partial charge is 0.184 e. The molecule has 3 aliphatic carbocycles. The van der Waals surface area contributed by atoms with Crippen LogP contribution in [0.5, 0.6) is 0 Å². The van der Waals surface area contributed by atoms with Crippen LogP contribution in [0.15, 0.2) is 34.5 Å². The summed E-state index contributed by atoms with van der Waals surface area (Å²) in [5.41, 5.74) is 2.59. The summed E-state index contributed by atoms with van der Waals surface area (Å²) in [6.45, 7) is 0. The highest BCUT2D eigenvalue weighted by Crippen LogP contribution is 2.54. The van der Waals surface area contributed by atoms with Gasteiger partial charge >= 0.3 is 0 Å². The molecule has 2 heteroatoms. The van der Waals surface area contributed by atoms with Gasteiger partial charge in [-0.1, -0.05) is 18.2 Å². The van der Waals surface area contributed by atoms with Crippen molar-refractivity contribution in [2.24, 2.45) is 22.1 Å². The molecule has 0 amide bonds. The Hall–Kier alpha value is -1.18. The van der Waals surface area contributed by atoms with Crippen molar-refractivity contribution < 1.29 is 0 Å². The van der Waals surface area contributed by atoms with Crippen LogP contribution in [0.4, 0.5) is 5.69 Å². The van der Waals surface area contributed by atoms with Crippen molar-refractivity contribution in [1.82, 2.24) is 0 Å². The van der Waals surface area contributed by atoms with Crippen molar-refractivity contribution >= 4 is 5.69 Å². The Bertz CT molecular complexity index is 444. The second-order valence-electron chi connectivity index (χ2n) is 5.47. The maximum Gasteiger partial charge on any atom is 0.0888 e. The molecule has 0 unspecified atom stereocenters. The smallest absolute Gasteiger partial charge is 0.0888 e. The maximum absolute atomic E-state index is 4.60. The number of rotatable bonds is 0. The summed E-state index contributed by atoms with van der Waals surface area (Å²) in [7, 11) is 0. The molecular weight excluding hydrogens is 196 g/mol. The van der Waals surface area contributed by atoms with E-state index in [0.29, 0.717) is 12.0 Å². The summed E-state index contributed by atoms with van der Waals surface area (Å²) in [5.74, 6) is 2.36. The summed E-state index contributed by atoms with van der Waals surface area (Å²) in [4.78, 5) is 0. The maximum atomic E-state index is 4.60. The Labute approximate surface area is 95.8 Å². The van der Waals surface area contributed by atoms with Gasteiger partial charge in [0.25, 0.3) is 0 Å². The van der Waals surface area contributed by atoms with Gasteiger partial charge in [0.1, 0.15) is 0 Å². The van der Waals surface area contributed by atoms with Gasteiger partial charge in [-0.25, -0.2) is 0 Å². The van der Waals surface area contributed by atoms with Crippen LogP contribution in [-0.4, -0.2) is 6.04 Å². The zero-order valence-electron chi connectivity index (χ0n) is 9.34. The predicted molar refractivity (Wildman–Crippen MR) is 62.9 cm³/mol. The highest BCUT2D eigenvalue weighted by molar-refractivity contribution is 5.50. The van der Waals surface area contributed by atoms with Crippen LogP contribution >= 0.6 is 0 Å². The molecule has 0 saturated heterocycles. The summed E-state index contributed by atoms with van der Waals surface area (Å²) < 4.78 is 0. The third-order valence-corrected chi connectivity index (χ3v) is 4.77. The van der Waals surface area contributed by atoms with Crippen LogP contribution < -0.4 is 0 Å². The van der Waals surface area contributed by atoms with E-state index in [2.05, 4.69) is 34.5 Å². The number of nitrogens with zero attached hydrogens (tertiary/aromatic N) is 2. The van der Waals surface area contributed by atoms with E-state index >= 15 is 0 Å². The van der Waals surface area contributed by atoms with E-state index in [1.54, 1.807) is 0 Å². The monoisotopic (exact) mass is 212 g/mol. The minimum absolute atomic E-state index is 0.502. The second kappa shape index (κ2) is 3.16. The van der Waals surface area contributed by atoms with Crippen molar-refractivity contribution in [3.63, 3.8) is 0 Å². The molecule has 3 saturated carbocycles. The first-order valence-electron chi connectivity index (χ1n) is 6.43. The van der Waals surface area contributed by atoms with Crippen molar-refractivity contribution in [2.45, 2.75) is 37.6 Å². The fraction of sp³-hybridized carbons (Fsp3) is 0.571. The topological polar surface area (TPSA) is 24.7 Å². The van der Waals surface area contributed by atoms with E-state index in [0.717, 1.165) is 17.5 Å². The number of benzene rings is 1. The summed E-state index contributed by atoms with van der Waals surface area (Å²) in [6.07, 6.45) is 5.59. The SMILES string of the molecule is c1ccc2c(c1)N=N[C@@H]1C3CCC(CC3)[C@H]21. The van der Waals surface area contributed by atoms with Crippen LogP contribution in [0.1, 0.15) is 37.2 Å². The first kappa shape index (κ1) is 8.91. The molecule has 1 aromatic carbocycles. The third kappa shape index (κ3) is 1.07. The minimum atomic E-state index is 0.502. The van der Waals surface area contributed by atoms with Gasteiger partial charge in [0, 0.05) is 5.92 Å². The van der Waals surface area contributed by atoms with Gasteiger partial charge in [-0.2, -0.15) is 10.2 Å². The Morgan fingerprint density at radius 3 is 2.56 bits per heavy atom. The fourth-order valence-electron chi connectivity index (χ4n) is 4.01. The van der Waals surface area contributed by atoms with Gasteiger partial charge in [0.15, 0.2) is 0 Å². The standard InChI is InChI=1S/C14H16N2/c1-2-4-12-11(3-1)13-9-5-7-10(8-6-9)14(13)16-15-12/h1-4,9-10,13-14H,5-8H2/t9?,10?,13-,14-/m1/s1. The Kier molecular flexibility index (Phi) is 1.76. The third-order valence-electron chi connectivity index (χ3n) is 4.77. The molecule has 0 N–H and O–H groups in total. The lowest BCUT2D eigenvalue weighted by Crippen LogP contribution is -2.42. The number of azo groups is 1. The van der Waals surface area contributed by atoms with Gasteiger partial charge in [-0.3, -0.25) is 0 Å². The lowest BCUT2D eigenvalue weighted by atomic mass is 9.59. The lowest BCUT2D eigenvalue weighted by molar-refractivity contribution is 0.111. The molecule has 2 nitrogen and oxygen atoms in total. The predicted octanol–water partition coefficient (Wildman–Crippen LogP) is 4.06. The van der Waals surface area contributed by atoms with Crippen molar-refractivity contribution in [1.29, 1.82) is 0 Å². The molecule has 0 radical (unpaired) electrons. The molecule has 0 spiro atoms. The molecule has 5 rings (SSSR count). The van der Waals surface area contributed by atoms with E-state index in [4.69, 9.17) is 0 Å². The van der Waals surface area contributed by atoms with Crippen LogP contribution in [0.2, 0.25) is 0 Å². The van der Waals surface area contributed by atoms with Crippen molar-refractivity contribution in [3.05, 3.63) is 29.8 Å². The number of hydrogen-bond donors (Lipinski definition) is 0. The Morgan fingerprint density at radius 1 is 0.938 bits per heavy atom. The van der Waals surface area contributed by atoms with E-state index < -0.39 is 0 Å². The van der Waals surface area contributed by atoms with Gasteiger partial charge < -0.3 is 0 Å². The van der Waals surface area contributed by atoms with Gasteiger partial charge in [-0.15, -0.1) is 0 Å². The van der Waals surface area contributed by atoms with Crippen LogP contribution in [0.25, 0.3) is 0 Å². The van der Waals surface area contributed by atoms with Crippen LogP contribution in [-0.2, 0) is 0 Å². The van der Waals surface area contributed by atoms with E-state index in [9.17, 15) is 0 Å².